The molecule has 0 bridgehead atoms. The number of aromatic nitrogens is 1. The monoisotopic (exact) mass is 457 g/mol. The number of ether oxygens (including phenoxy) is 1. The zero-order valence-electron chi connectivity index (χ0n) is 15.7. The summed E-state index contributed by atoms with van der Waals surface area (Å²) < 4.78 is 59.3. The van der Waals surface area contributed by atoms with E-state index in [1.54, 1.807) is 6.92 Å². The Morgan fingerprint density at radius 2 is 1.87 bits per heavy atom. The molecule has 0 aliphatic rings. The van der Waals surface area contributed by atoms with Crippen LogP contribution in [0.25, 0.3) is 10.6 Å². The van der Waals surface area contributed by atoms with Crippen LogP contribution >= 0.6 is 22.9 Å². The Balaban J connectivity index is 2.02. The summed E-state index contributed by atoms with van der Waals surface area (Å²) in [5.41, 5.74) is -0.488. The Bertz CT molecular complexity index is 1050. The Morgan fingerprint density at radius 1 is 1.13 bits per heavy atom. The molecule has 2 aromatic carbocycles. The predicted octanol–water partition coefficient (Wildman–Crippen LogP) is 6.58. The van der Waals surface area contributed by atoms with Crippen molar-refractivity contribution in [3.05, 3.63) is 75.0 Å². The number of aryl methyl sites for hydroxylation is 1. The highest BCUT2D eigenvalue weighted by Crippen LogP contribution is 2.39. The second-order valence-electron chi connectivity index (χ2n) is 6.26. The molecule has 0 radical (unpaired) electrons. The number of carbonyl (C=O) groups excluding carboxylic acids is 1. The zero-order chi connectivity index (χ0) is 21.9. The van der Waals surface area contributed by atoms with Crippen molar-refractivity contribution in [1.29, 1.82) is 0 Å². The van der Waals surface area contributed by atoms with Crippen LogP contribution in [-0.4, -0.2) is 17.6 Å². The van der Waals surface area contributed by atoms with E-state index >= 15 is 0 Å². The number of rotatable bonds is 6. The van der Waals surface area contributed by atoms with E-state index in [9.17, 15) is 22.4 Å². The molecule has 0 atom stereocenters. The standard InChI is InChI=1S/C21H16ClF4NO2S/c1-2-29-20(28)18-17(11-10-13-15(22)8-5-9-16(13)23)27-19(30-18)12-6-3-4-7-14(12)21(24,25)26/h3-9H,2,10-11H2,1H3. The van der Waals surface area contributed by atoms with Gasteiger partial charge in [-0.05, 0) is 38.0 Å². The summed E-state index contributed by atoms with van der Waals surface area (Å²) in [6.07, 6.45) is -4.34. The van der Waals surface area contributed by atoms with Crippen molar-refractivity contribution < 1.29 is 27.1 Å². The first-order valence-corrected chi connectivity index (χ1v) is 10.2. The fourth-order valence-electron chi connectivity index (χ4n) is 2.92. The Morgan fingerprint density at radius 3 is 2.53 bits per heavy atom. The molecule has 3 rings (SSSR count). The van der Waals surface area contributed by atoms with Gasteiger partial charge >= 0.3 is 12.1 Å². The van der Waals surface area contributed by atoms with Gasteiger partial charge in [0.1, 0.15) is 15.7 Å². The minimum Gasteiger partial charge on any atom is -0.462 e. The Kier molecular flexibility index (Phi) is 6.77. The lowest BCUT2D eigenvalue weighted by Gasteiger charge is -2.10. The molecule has 1 heterocycles. The second-order valence-corrected chi connectivity index (χ2v) is 7.67. The van der Waals surface area contributed by atoms with Gasteiger partial charge in [0.15, 0.2) is 0 Å². The lowest BCUT2D eigenvalue weighted by molar-refractivity contribution is -0.137. The molecular weight excluding hydrogens is 442 g/mol. The zero-order valence-corrected chi connectivity index (χ0v) is 17.3. The normalized spacial score (nSPS) is 11.5. The van der Waals surface area contributed by atoms with Crippen molar-refractivity contribution in [2.45, 2.75) is 25.9 Å². The summed E-state index contributed by atoms with van der Waals surface area (Å²) >= 11 is 6.87. The number of carbonyl (C=O) groups is 1. The largest absolute Gasteiger partial charge is 0.462 e. The van der Waals surface area contributed by atoms with E-state index in [0.29, 0.717) is 0 Å². The van der Waals surface area contributed by atoms with E-state index in [2.05, 4.69) is 4.98 Å². The van der Waals surface area contributed by atoms with Crippen LogP contribution in [0.4, 0.5) is 17.6 Å². The summed E-state index contributed by atoms with van der Waals surface area (Å²) in [5, 5.41) is 0.270. The Hall–Kier alpha value is -2.45. The molecule has 0 N–H and O–H groups in total. The van der Waals surface area contributed by atoms with Gasteiger partial charge < -0.3 is 4.74 Å². The molecule has 0 spiro atoms. The molecule has 158 valence electrons. The lowest BCUT2D eigenvalue weighted by atomic mass is 10.1. The smallest absolute Gasteiger partial charge is 0.417 e. The summed E-state index contributed by atoms with van der Waals surface area (Å²) in [6.45, 7) is 1.72. The van der Waals surface area contributed by atoms with E-state index < -0.39 is 23.5 Å². The van der Waals surface area contributed by atoms with E-state index in [1.165, 1.54) is 36.4 Å². The number of thiazole rings is 1. The fourth-order valence-corrected chi connectivity index (χ4v) is 4.23. The van der Waals surface area contributed by atoms with Gasteiger partial charge in [0.2, 0.25) is 0 Å². The molecule has 3 aromatic rings. The quantitative estimate of drug-likeness (QED) is 0.310. The molecule has 30 heavy (non-hydrogen) atoms. The van der Waals surface area contributed by atoms with Crippen molar-refractivity contribution in [2.75, 3.05) is 6.61 Å². The molecule has 0 amide bonds. The van der Waals surface area contributed by atoms with Crippen LogP contribution in [0, 0.1) is 5.82 Å². The third-order valence-corrected chi connectivity index (χ3v) is 5.76. The van der Waals surface area contributed by atoms with Gasteiger partial charge in [0, 0.05) is 16.1 Å². The van der Waals surface area contributed by atoms with Gasteiger partial charge in [-0.25, -0.2) is 14.2 Å². The first-order valence-electron chi connectivity index (χ1n) is 8.98. The SMILES string of the molecule is CCOC(=O)c1sc(-c2ccccc2C(F)(F)F)nc1CCc1c(F)cccc1Cl. The fraction of sp³-hybridized carbons (Fsp3) is 0.238. The van der Waals surface area contributed by atoms with Crippen molar-refractivity contribution in [1.82, 2.24) is 4.98 Å². The summed E-state index contributed by atoms with van der Waals surface area (Å²) in [6, 6.07) is 9.29. The highest BCUT2D eigenvalue weighted by molar-refractivity contribution is 7.17. The number of hydrogen-bond acceptors (Lipinski definition) is 4. The van der Waals surface area contributed by atoms with E-state index in [0.717, 1.165) is 17.4 Å². The number of benzene rings is 2. The summed E-state index contributed by atoms with van der Waals surface area (Å²) in [4.78, 5) is 16.7. The molecule has 9 heteroatoms. The number of nitrogens with zero attached hydrogens (tertiary/aromatic N) is 1. The number of halogens is 5. The van der Waals surface area contributed by atoms with Gasteiger partial charge in [0.25, 0.3) is 0 Å². The molecule has 0 unspecified atom stereocenters. The molecule has 3 nitrogen and oxygen atoms in total. The highest BCUT2D eigenvalue weighted by Gasteiger charge is 2.34. The van der Waals surface area contributed by atoms with E-state index in [4.69, 9.17) is 16.3 Å². The molecule has 0 saturated heterocycles. The first kappa shape index (κ1) is 22.2. The Labute approximate surface area is 179 Å². The van der Waals surface area contributed by atoms with Crippen LogP contribution in [-0.2, 0) is 23.8 Å². The minimum absolute atomic E-state index is 0.0422. The average Bonchev–Trinajstić information content (AvgIpc) is 3.11. The molecule has 0 aliphatic carbocycles. The van der Waals surface area contributed by atoms with Crippen LogP contribution in [0.15, 0.2) is 42.5 Å². The number of alkyl halides is 3. The minimum atomic E-state index is -4.58. The van der Waals surface area contributed by atoms with Gasteiger partial charge in [-0.1, -0.05) is 35.9 Å². The van der Waals surface area contributed by atoms with Crippen LogP contribution in [0.2, 0.25) is 5.02 Å². The van der Waals surface area contributed by atoms with Gasteiger partial charge in [0.05, 0.1) is 17.9 Å². The average molecular weight is 458 g/mol. The third kappa shape index (κ3) is 4.82. The maximum absolute atomic E-state index is 14.1. The van der Waals surface area contributed by atoms with E-state index in [-0.39, 0.29) is 51.2 Å². The van der Waals surface area contributed by atoms with Crippen molar-refractivity contribution >= 4 is 28.9 Å². The maximum Gasteiger partial charge on any atom is 0.417 e. The molecule has 0 fully saturated rings. The topological polar surface area (TPSA) is 39.2 Å². The van der Waals surface area contributed by atoms with Crippen LogP contribution in [0.3, 0.4) is 0 Å². The van der Waals surface area contributed by atoms with Gasteiger partial charge in [-0.2, -0.15) is 13.2 Å². The third-order valence-electron chi connectivity index (χ3n) is 4.29. The van der Waals surface area contributed by atoms with Gasteiger partial charge in [-0.15, -0.1) is 11.3 Å². The summed E-state index contributed by atoms with van der Waals surface area (Å²) in [5.74, 6) is -1.18. The van der Waals surface area contributed by atoms with E-state index in [1.807, 2.05) is 0 Å². The first-order chi connectivity index (χ1) is 14.2. The number of hydrogen-bond donors (Lipinski definition) is 0. The second kappa shape index (κ2) is 9.14. The van der Waals surface area contributed by atoms with Crippen LogP contribution in [0.5, 0.6) is 0 Å². The van der Waals surface area contributed by atoms with Gasteiger partial charge in [-0.3, -0.25) is 0 Å². The molecule has 0 aliphatic heterocycles. The molecular formula is C21H16ClF4NO2S. The molecule has 0 saturated carbocycles. The van der Waals surface area contributed by atoms with Crippen LogP contribution in [0.1, 0.15) is 33.4 Å². The molecule has 1 aromatic heterocycles. The predicted molar refractivity (Wildman–Crippen MR) is 107 cm³/mol. The van der Waals surface area contributed by atoms with Crippen molar-refractivity contribution in [3.8, 4) is 10.6 Å². The highest BCUT2D eigenvalue weighted by atomic mass is 35.5. The van der Waals surface area contributed by atoms with Crippen molar-refractivity contribution in [2.24, 2.45) is 0 Å². The lowest BCUT2D eigenvalue weighted by Crippen LogP contribution is -2.07. The van der Waals surface area contributed by atoms with Crippen LogP contribution < -0.4 is 0 Å². The maximum atomic E-state index is 14.1. The number of esters is 1. The van der Waals surface area contributed by atoms with Crippen molar-refractivity contribution in [3.63, 3.8) is 0 Å². The summed E-state index contributed by atoms with van der Waals surface area (Å²) in [7, 11) is 0.